The molecule has 1 aromatic rings. The van der Waals surface area contributed by atoms with Crippen LogP contribution in [0.25, 0.3) is 0 Å². The lowest BCUT2D eigenvalue weighted by Gasteiger charge is -2.14. The van der Waals surface area contributed by atoms with Gasteiger partial charge in [-0.1, -0.05) is 6.07 Å². The van der Waals surface area contributed by atoms with Crippen molar-refractivity contribution >= 4 is 5.82 Å². The third-order valence-corrected chi connectivity index (χ3v) is 2.26. The summed E-state index contributed by atoms with van der Waals surface area (Å²) in [6, 6.07) is 4.58. The molecule has 70 valence electrons. The van der Waals surface area contributed by atoms with E-state index in [4.69, 9.17) is 5.11 Å². The first-order chi connectivity index (χ1) is 6.24. The fraction of sp³-hybridized carbons (Fsp3) is 0.444. The van der Waals surface area contributed by atoms with E-state index in [0.29, 0.717) is 5.82 Å². The number of aromatic nitrogens is 1. The zero-order valence-electron chi connectivity index (χ0n) is 7.13. The second-order valence-corrected chi connectivity index (χ2v) is 3.41. The van der Waals surface area contributed by atoms with Crippen LogP contribution in [-0.2, 0) is 0 Å². The van der Waals surface area contributed by atoms with Gasteiger partial charge in [-0.05, 0) is 25.0 Å². The average molecular weight is 182 g/mol. The van der Waals surface area contributed by atoms with Crippen molar-refractivity contribution in [3.05, 3.63) is 24.1 Å². The van der Waals surface area contributed by atoms with Crippen molar-refractivity contribution in [2.75, 3.05) is 11.9 Å². The van der Waals surface area contributed by atoms with E-state index < -0.39 is 5.95 Å². The van der Waals surface area contributed by atoms with E-state index in [2.05, 4.69) is 10.3 Å². The van der Waals surface area contributed by atoms with Crippen LogP contribution in [0.5, 0.6) is 0 Å². The molecule has 1 fully saturated rings. The third kappa shape index (κ3) is 1.78. The van der Waals surface area contributed by atoms with Gasteiger partial charge in [0.15, 0.2) is 0 Å². The molecule has 2 rings (SSSR count). The summed E-state index contributed by atoms with van der Waals surface area (Å²) in [5, 5.41) is 12.0. The Morgan fingerprint density at radius 1 is 1.54 bits per heavy atom. The third-order valence-electron chi connectivity index (χ3n) is 2.26. The Balaban J connectivity index is 2.09. The molecule has 0 bridgehead atoms. The number of nitrogens with one attached hydrogen (secondary N) is 1. The molecule has 2 N–H and O–H groups in total. The molecule has 0 saturated heterocycles. The Labute approximate surface area is 75.6 Å². The highest BCUT2D eigenvalue weighted by Crippen LogP contribution is 2.37. The summed E-state index contributed by atoms with van der Waals surface area (Å²) in [6.07, 6.45) is 1.84. The number of aliphatic hydroxyl groups excluding tert-OH is 1. The molecule has 0 spiro atoms. The first kappa shape index (κ1) is 8.44. The summed E-state index contributed by atoms with van der Waals surface area (Å²) in [5.74, 6) is -0.00899. The van der Waals surface area contributed by atoms with E-state index >= 15 is 0 Å². The van der Waals surface area contributed by atoms with Crippen LogP contribution in [-0.4, -0.2) is 22.2 Å². The van der Waals surface area contributed by atoms with E-state index in [1.54, 1.807) is 12.1 Å². The Morgan fingerprint density at radius 3 is 2.85 bits per heavy atom. The summed E-state index contributed by atoms with van der Waals surface area (Å²) in [4.78, 5) is 3.66. The van der Waals surface area contributed by atoms with Gasteiger partial charge in [0.25, 0.3) is 0 Å². The monoisotopic (exact) mass is 182 g/mol. The maximum atomic E-state index is 12.7. The van der Waals surface area contributed by atoms with Crippen molar-refractivity contribution in [1.82, 2.24) is 4.98 Å². The number of hydrogen-bond donors (Lipinski definition) is 2. The summed E-state index contributed by atoms with van der Waals surface area (Å²) in [6.45, 7) is 0.0746. The van der Waals surface area contributed by atoms with E-state index in [-0.39, 0.29) is 12.1 Å². The molecule has 4 heteroatoms. The quantitative estimate of drug-likeness (QED) is 0.689. The number of rotatable bonds is 3. The first-order valence-electron chi connectivity index (χ1n) is 4.26. The van der Waals surface area contributed by atoms with E-state index in [9.17, 15) is 4.39 Å². The van der Waals surface area contributed by atoms with Crippen LogP contribution in [0.1, 0.15) is 12.8 Å². The lowest BCUT2D eigenvalue weighted by molar-refractivity contribution is 0.266. The molecule has 0 unspecified atom stereocenters. The van der Waals surface area contributed by atoms with Gasteiger partial charge in [0.05, 0.1) is 12.1 Å². The molecule has 1 aliphatic rings. The molecule has 0 aromatic carbocycles. The van der Waals surface area contributed by atoms with Gasteiger partial charge in [0.2, 0.25) is 5.95 Å². The molecule has 1 heterocycles. The predicted octanol–water partition coefficient (Wildman–Crippen LogP) is 1.16. The molecule has 3 nitrogen and oxygen atoms in total. The van der Waals surface area contributed by atoms with Gasteiger partial charge in [0, 0.05) is 0 Å². The number of halogens is 1. The fourth-order valence-corrected chi connectivity index (χ4v) is 1.22. The van der Waals surface area contributed by atoms with Crippen molar-refractivity contribution < 1.29 is 9.50 Å². The number of hydrogen-bond acceptors (Lipinski definition) is 3. The molecule has 1 aromatic heterocycles. The molecule has 0 amide bonds. The lowest BCUT2D eigenvalue weighted by atomic mass is 10.3. The SMILES string of the molecule is OCC1(Nc2cccc(F)n2)CC1. The largest absolute Gasteiger partial charge is 0.394 e. The Kier molecular flexibility index (Phi) is 1.92. The minimum absolute atomic E-state index is 0.0746. The summed E-state index contributed by atoms with van der Waals surface area (Å²) in [5.41, 5.74) is -0.235. The van der Waals surface area contributed by atoms with Crippen LogP contribution < -0.4 is 5.32 Å². The van der Waals surface area contributed by atoms with Crippen LogP contribution in [0.15, 0.2) is 18.2 Å². The van der Waals surface area contributed by atoms with Gasteiger partial charge in [-0.3, -0.25) is 0 Å². The van der Waals surface area contributed by atoms with Crippen LogP contribution >= 0.6 is 0 Å². The highest BCUT2D eigenvalue weighted by molar-refractivity contribution is 5.40. The van der Waals surface area contributed by atoms with Crippen LogP contribution in [0.3, 0.4) is 0 Å². The maximum absolute atomic E-state index is 12.7. The molecule has 1 saturated carbocycles. The number of anilines is 1. The number of pyridine rings is 1. The zero-order valence-corrected chi connectivity index (χ0v) is 7.13. The standard InChI is InChI=1S/C9H11FN2O/c10-7-2-1-3-8(11-7)12-9(6-13)4-5-9/h1-3,13H,4-6H2,(H,11,12). The van der Waals surface area contributed by atoms with Gasteiger partial charge in [0.1, 0.15) is 5.82 Å². The van der Waals surface area contributed by atoms with Crippen molar-refractivity contribution in [2.45, 2.75) is 18.4 Å². The predicted molar refractivity (Wildman–Crippen MR) is 46.9 cm³/mol. The lowest BCUT2D eigenvalue weighted by Crippen LogP contribution is -2.26. The molecule has 13 heavy (non-hydrogen) atoms. The maximum Gasteiger partial charge on any atom is 0.214 e. The van der Waals surface area contributed by atoms with Gasteiger partial charge in [-0.15, -0.1) is 0 Å². The van der Waals surface area contributed by atoms with Gasteiger partial charge >= 0.3 is 0 Å². The van der Waals surface area contributed by atoms with Gasteiger partial charge in [-0.2, -0.15) is 4.39 Å². The van der Waals surface area contributed by atoms with Crippen molar-refractivity contribution in [2.24, 2.45) is 0 Å². The minimum Gasteiger partial charge on any atom is -0.394 e. The summed E-state index contributed by atoms with van der Waals surface area (Å²) in [7, 11) is 0. The topological polar surface area (TPSA) is 45.1 Å². The zero-order chi connectivity index (χ0) is 9.31. The minimum atomic E-state index is -0.501. The van der Waals surface area contributed by atoms with Crippen molar-refractivity contribution in [3.8, 4) is 0 Å². The van der Waals surface area contributed by atoms with Crippen molar-refractivity contribution in [1.29, 1.82) is 0 Å². The second-order valence-electron chi connectivity index (χ2n) is 3.41. The average Bonchev–Trinajstić information content (AvgIpc) is 2.86. The van der Waals surface area contributed by atoms with Gasteiger partial charge < -0.3 is 10.4 Å². The highest BCUT2D eigenvalue weighted by atomic mass is 19.1. The van der Waals surface area contributed by atoms with E-state index in [0.717, 1.165) is 12.8 Å². The Hall–Kier alpha value is -1.16. The van der Waals surface area contributed by atoms with Crippen LogP contribution in [0.4, 0.5) is 10.2 Å². The van der Waals surface area contributed by atoms with Crippen LogP contribution in [0, 0.1) is 5.95 Å². The van der Waals surface area contributed by atoms with E-state index in [1.807, 2.05) is 0 Å². The van der Waals surface area contributed by atoms with E-state index in [1.165, 1.54) is 6.07 Å². The first-order valence-corrected chi connectivity index (χ1v) is 4.26. The molecule has 0 radical (unpaired) electrons. The van der Waals surface area contributed by atoms with Crippen molar-refractivity contribution in [3.63, 3.8) is 0 Å². The molecule has 0 atom stereocenters. The summed E-state index contributed by atoms with van der Waals surface area (Å²) >= 11 is 0. The molecular formula is C9H11FN2O. The molecule has 0 aliphatic heterocycles. The summed E-state index contributed by atoms with van der Waals surface area (Å²) < 4.78 is 12.7. The smallest absolute Gasteiger partial charge is 0.214 e. The normalized spacial score (nSPS) is 18.3. The fourth-order valence-electron chi connectivity index (χ4n) is 1.22. The second kappa shape index (κ2) is 2.96. The Bertz CT molecular complexity index is 312. The number of aliphatic hydroxyl groups is 1. The number of nitrogens with zero attached hydrogens (tertiary/aromatic N) is 1. The molecular weight excluding hydrogens is 171 g/mol. The van der Waals surface area contributed by atoms with Crippen LogP contribution in [0.2, 0.25) is 0 Å². The van der Waals surface area contributed by atoms with Gasteiger partial charge in [-0.25, -0.2) is 4.98 Å². The Morgan fingerprint density at radius 2 is 2.31 bits per heavy atom. The highest BCUT2D eigenvalue weighted by Gasteiger charge is 2.42. The molecule has 1 aliphatic carbocycles.